The number of nitrogens with zero attached hydrogens (tertiary/aromatic N) is 1. The maximum Gasteiger partial charge on any atom is 0.0527 e. The summed E-state index contributed by atoms with van der Waals surface area (Å²) < 4.78 is 2.34. The monoisotopic (exact) mass is 262 g/mol. The van der Waals surface area contributed by atoms with Gasteiger partial charge in [-0.3, -0.25) is 0 Å². The Hall–Kier alpha value is -0.990. The van der Waals surface area contributed by atoms with Crippen LogP contribution in [0.4, 0.5) is 0 Å². The lowest BCUT2D eigenvalue weighted by molar-refractivity contribution is 0.488. The number of hydrogen-bond donors (Lipinski definition) is 1. The molecule has 1 N–H and O–H groups in total. The van der Waals surface area contributed by atoms with Crippen LogP contribution in [0.25, 0.3) is 10.9 Å². The fourth-order valence-electron chi connectivity index (χ4n) is 3.30. The lowest BCUT2D eigenvalue weighted by Gasteiger charge is -2.22. The first-order chi connectivity index (χ1) is 8.63. The fourth-order valence-corrected chi connectivity index (χ4v) is 3.45. The van der Waals surface area contributed by atoms with E-state index >= 15 is 0 Å². The molecule has 0 saturated carbocycles. The lowest BCUT2D eigenvalue weighted by Crippen LogP contribution is -2.31. The third-order valence-electron chi connectivity index (χ3n) is 4.37. The standard InChI is InChI=1S/C15H19ClN2/c1-9-13(16)6-5-11-12-8-10(17-2)4-7-14(12)18(3)15(9)11/h5-6,10,17H,4,7-8H2,1-3H3. The molecule has 18 heavy (non-hydrogen) atoms. The van der Waals surface area contributed by atoms with Gasteiger partial charge in [0.2, 0.25) is 0 Å². The van der Waals surface area contributed by atoms with E-state index < -0.39 is 0 Å². The summed E-state index contributed by atoms with van der Waals surface area (Å²) >= 11 is 6.25. The van der Waals surface area contributed by atoms with Gasteiger partial charge >= 0.3 is 0 Å². The Morgan fingerprint density at radius 1 is 1.39 bits per heavy atom. The molecule has 0 spiro atoms. The largest absolute Gasteiger partial charge is 0.347 e. The number of aromatic nitrogens is 1. The highest BCUT2D eigenvalue weighted by molar-refractivity contribution is 6.32. The number of fused-ring (bicyclic) bond motifs is 3. The SMILES string of the molecule is CNC1CCc2c(c3ccc(Cl)c(C)c3n2C)C1. The molecule has 0 bridgehead atoms. The average Bonchev–Trinajstić information content (AvgIpc) is 2.67. The highest BCUT2D eigenvalue weighted by Gasteiger charge is 2.24. The minimum atomic E-state index is 0.610. The van der Waals surface area contributed by atoms with Crippen molar-refractivity contribution >= 4 is 22.5 Å². The summed E-state index contributed by atoms with van der Waals surface area (Å²) in [4.78, 5) is 0. The van der Waals surface area contributed by atoms with Crippen LogP contribution in [0, 0.1) is 6.92 Å². The Kier molecular flexibility index (Phi) is 2.87. The summed E-state index contributed by atoms with van der Waals surface area (Å²) in [6, 6.07) is 4.82. The van der Waals surface area contributed by atoms with E-state index in [4.69, 9.17) is 11.6 Å². The van der Waals surface area contributed by atoms with Crippen molar-refractivity contribution in [3.05, 3.63) is 34.0 Å². The lowest BCUT2D eigenvalue weighted by atomic mass is 9.91. The van der Waals surface area contributed by atoms with Crippen molar-refractivity contribution in [2.75, 3.05) is 7.05 Å². The van der Waals surface area contributed by atoms with E-state index in [1.807, 2.05) is 6.07 Å². The second-order valence-corrected chi connectivity index (χ2v) is 5.69. The predicted octanol–water partition coefficient (Wildman–Crippen LogP) is 3.22. The molecule has 0 amide bonds. The van der Waals surface area contributed by atoms with Crippen molar-refractivity contribution < 1.29 is 0 Å². The third kappa shape index (κ3) is 1.59. The van der Waals surface area contributed by atoms with Crippen LogP contribution in [0.15, 0.2) is 12.1 Å². The van der Waals surface area contributed by atoms with Crippen molar-refractivity contribution in [3.8, 4) is 0 Å². The highest BCUT2D eigenvalue weighted by atomic mass is 35.5. The first kappa shape index (κ1) is 12.1. The van der Waals surface area contributed by atoms with E-state index in [0.29, 0.717) is 6.04 Å². The first-order valence-electron chi connectivity index (χ1n) is 6.56. The Labute approximate surface area is 113 Å². The molecule has 0 radical (unpaired) electrons. The first-order valence-corrected chi connectivity index (χ1v) is 6.93. The third-order valence-corrected chi connectivity index (χ3v) is 4.78. The maximum atomic E-state index is 6.25. The number of nitrogens with one attached hydrogen (secondary N) is 1. The van der Waals surface area contributed by atoms with Gasteiger partial charge in [0.25, 0.3) is 0 Å². The summed E-state index contributed by atoms with van der Waals surface area (Å²) in [5.74, 6) is 0. The molecule has 1 aliphatic rings. The van der Waals surface area contributed by atoms with Crippen LogP contribution >= 0.6 is 11.6 Å². The Morgan fingerprint density at radius 2 is 2.17 bits per heavy atom. The molecule has 1 aromatic carbocycles. The van der Waals surface area contributed by atoms with Crippen LogP contribution in [0.5, 0.6) is 0 Å². The van der Waals surface area contributed by atoms with Crippen molar-refractivity contribution in [3.63, 3.8) is 0 Å². The van der Waals surface area contributed by atoms with Crippen molar-refractivity contribution in [1.82, 2.24) is 9.88 Å². The minimum Gasteiger partial charge on any atom is -0.347 e. The fraction of sp³-hybridized carbons (Fsp3) is 0.467. The Balaban J connectivity index is 2.28. The summed E-state index contributed by atoms with van der Waals surface area (Å²) in [6.07, 6.45) is 3.51. The van der Waals surface area contributed by atoms with Gasteiger partial charge in [-0.1, -0.05) is 17.7 Å². The van der Waals surface area contributed by atoms with Gasteiger partial charge in [-0.25, -0.2) is 0 Å². The van der Waals surface area contributed by atoms with E-state index in [-0.39, 0.29) is 0 Å². The molecule has 96 valence electrons. The van der Waals surface area contributed by atoms with E-state index in [1.165, 1.54) is 34.1 Å². The minimum absolute atomic E-state index is 0.610. The second-order valence-electron chi connectivity index (χ2n) is 5.28. The molecule has 0 fully saturated rings. The number of halogens is 1. The quantitative estimate of drug-likeness (QED) is 0.835. The van der Waals surface area contributed by atoms with E-state index in [9.17, 15) is 0 Å². The second kappa shape index (κ2) is 4.29. The number of benzene rings is 1. The molecule has 1 atom stereocenters. The van der Waals surface area contributed by atoms with Crippen LogP contribution in [-0.4, -0.2) is 17.7 Å². The van der Waals surface area contributed by atoms with Crippen LogP contribution in [-0.2, 0) is 19.9 Å². The Morgan fingerprint density at radius 3 is 2.89 bits per heavy atom. The van der Waals surface area contributed by atoms with E-state index in [2.05, 4.69) is 37.0 Å². The molecule has 1 aliphatic carbocycles. The molecular formula is C15H19ClN2. The topological polar surface area (TPSA) is 17.0 Å². The van der Waals surface area contributed by atoms with Crippen LogP contribution < -0.4 is 5.32 Å². The van der Waals surface area contributed by atoms with E-state index in [0.717, 1.165) is 17.9 Å². The molecule has 3 heteroatoms. The molecule has 3 rings (SSSR count). The molecule has 1 unspecified atom stereocenters. The van der Waals surface area contributed by atoms with Gasteiger partial charge in [0.1, 0.15) is 0 Å². The van der Waals surface area contributed by atoms with Gasteiger partial charge < -0.3 is 9.88 Å². The summed E-state index contributed by atoms with van der Waals surface area (Å²) in [7, 11) is 4.23. The van der Waals surface area contributed by atoms with Crippen molar-refractivity contribution in [2.45, 2.75) is 32.2 Å². The van der Waals surface area contributed by atoms with Crippen LogP contribution in [0.2, 0.25) is 5.02 Å². The smallest absolute Gasteiger partial charge is 0.0527 e. The molecule has 1 heterocycles. The molecule has 0 saturated heterocycles. The van der Waals surface area contributed by atoms with Crippen molar-refractivity contribution in [2.24, 2.45) is 7.05 Å². The summed E-state index contributed by atoms with van der Waals surface area (Å²) in [5, 5.41) is 5.66. The highest BCUT2D eigenvalue weighted by Crippen LogP contribution is 2.35. The van der Waals surface area contributed by atoms with Gasteiger partial charge in [0, 0.05) is 29.2 Å². The normalized spacial score (nSPS) is 19.2. The molecule has 2 nitrogen and oxygen atoms in total. The number of hydrogen-bond acceptors (Lipinski definition) is 1. The zero-order valence-corrected chi connectivity index (χ0v) is 11.9. The van der Waals surface area contributed by atoms with Crippen molar-refractivity contribution in [1.29, 1.82) is 0 Å². The maximum absolute atomic E-state index is 6.25. The van der Waals surface area contributed by atoms with Gasteiger partial charge in [-0.05, 0) is 50.4 Å². The van der Waals surface area contributed by atoms with E-state index in [1.54, 1.807) is 0 Å². The zero-order chi connectivity index (χ0) is 12.9. The summed E-state index contributed by atoms with van der Waals surface area (Å²) in [6.45, 7) is 2.12. The average molecular weight is 263 g/mol. The molecular weight excluding hydrogens is 244 g/mol. The molecule has 0 aliphatic heterocycles. The number of likely N-dealkylation sites (N-methyl/N-ethyl adjacent to an activating group) is 1. The Bertz CT molecular complexity index is 613. The van der Waals surface area contributed by atoms with Gasteiger partial charge in [-0.2, -0.15) is 0 Å². The predicted molar refractivity (Wildman–Crippen MR) is 77.5 cm³/mol. The number of rotatable bonds is 1. The summed E-state index contributed by atoms with van der Waals surface area (Å²) in [5.41, 5.74) is 5.51. The van der Waals surface area contributed by atoms with Gasteiger partial charge in [0.05, 0.1) is 5.52 Å². The molecule has 2 aromatic rings. The van der Waals surface area contributed by atoms with Crippen LogP contribution in [0.1, 0.15) is 23.2 Å². The van der Waals surface area contributed by atoms with Crippen LogP contribution in [0.3, 0.4) is 0 Å². The molecule has 1 aromatic heterocycles. The zero-order valence-electron chi connectivity index (χ0n) is 11.2. The van der Waals surface area contributed by atoms with Gasteiger partial charge in [0.15, 0.2) is 0 Å². The number of aryl methyl sites for hydroxylation is 2. The van der Waals surface area contributed by atoms with Gasteiger partial charge in [-0.15, -0.1) is 0 Å².